The molecule has 0 unspecified atom stereocenters. The summed E-state index contributed by atoms with van der Waals surface area (Å²) in [6.45, 7) is 6.37. The van der Waals surface area contributed by atoms with E-state index in [2.05, 4.69) is 15.6 Å². The first-order chi connectivity index (χ1) is 12.0. The number of hydrogen-bond donors (Lipinski definition) is 0. The standard InChI is InChI=1S/C19H24N4O2/c1-14-11-17(15(2)21(14)3)12-18(24)22-7-9-23(10-8-22)19(25)16-5-4-6-20-13-16/h4-6,11,13H,7-10,12H2,1-3H3. The van der Waals surface area contributed by atoms with Crippen molar-refractivity contribution in [1.29, 1.82) is 0 Å². The van der Waals surface area contributed by atoms with Crippen molar-refractivity contribution < 1.29 is 9.59 Å². The third-order valence-corrected chi connectivity index (χ3v) is 5.05. The molecule has 2 aromatic heterocycles. The van der Waals surface area contributed by atoms with Gasteiger partial charge in [0.05, 0.1) is 12.0 Å². The molecule has 2 amide bonds. The van der Waals surface area contributed by atoms with Gasteiger partial charge in [-0.15, -0.1) is 0 Å². The first-order valence-corrected chi connectivity index (χ1v) is 8.56. The normalized spacial score (nSPS) is 14.7. The van der Waals surface area contributed by atoms with Crippen LogP contribution in [0.3, 0.4) is 0 Å². The lowest BCUT2D eigenvalue weighted by atomic mass is 10.1. The predicted octanol–water partition coefficient (Wildman–Crippen LogP) is 1.56. The minimum Gasteiger partial charge on any atom is -0.352 e. The Morgan fingerprint density at radius 3 is 2.36 bits per heavy atom. The molecule has 2 aromatic rings. The largest absolute Gasteiger partial charge is 0.352 e. The minimum absolute atomic E-state index is 0.0188. The number of aryl methyl sites for hydroxylation is 1. The molecule has 6 nitrogen and oxygen atoms in total. The van der Waals surface area contributed by atoms with Gasteiger partial charge in [0.25, 0.3) is 5.91 Å². The third-order valence-electron chi connectivity index (χ3n) is 5.05. The molecule has 1 saturated heterocycles. The molecule has 0 radical (unpaired) electrons. The monoisotopic (exact) mass is 340 g/mol. The molecule has 0 N–H and O–H groups in total. The number of pyridine rings is 1. The Kier molecular flexibility index (Phi) is 4.88. The first-order valence-electron chi connectivity index (χ1n) is 8.56. The number of carbonyl (C=O) groups is 2. The quantitative estimate of drug-likeness (QED) is 0.852. The Hall–Kier alpha value is -2.63. The second-order valence-electron chi connectivity index (χ2n) is 6.55. The highest BCUT2D eigenvalue weighted by atomic mass is 16.2. The van der Waals surface area contributed by atoms with Crippen molar-refractivity contribution in [3.8, 4) is 0 Å². The summed E-state index contributed by atoms with van der Waals surface area (Å²) in [6, 6.07) is 5.61. The van der Waals surface area contributed by atoms with Crippen molar-refractivity contribution >= 4 is 11.8 Å². The van der Waals surface area contributed by atoms with E-state index in [9.17, 15) is 9.59 Å². The third kappa shape index (κ3) is 3.57. The van der Waals surface area contributed by atoms with E-state index in [1.54, 1.807) is 29.4 Å². The summed E-state index contributed by atoms with van der Waals surface area (Å²) in [5.41, 5.74) is 3.97. The summed E-state index contributed by atoms with van der Waals surface area (Å²) < 4.78 is 2.10. The highest BCUT2D eigenvalue weighted by Crippen LogP contribution is 2.16. The van der Waals surface area contributed by atoms with E-state index in [1.165, 1.54) is 0 Å². The zero-order valence-corrected chi connectivity index (χ0v) is 15.0. The van der Waals surface area contributed by atoms with Crippen molar-refractivity contribution in [2.24, 2.45) is 7.05 Å². The fraction of sp³-hybridized carbons (Fsp3) is 0.421. The van der Waals surface area contributed by atoms with Crippen molar-refractivity contribution in [2.75, 3.05) is 26.2 Å². The Morgan fingerprint density at radius 2 is 1.80 bits per heavy atom. The summed E-state index contributed by atoms with van der Waals surface area (Å²) >= 11 is 0. The molecule has 0 aliphatic carbocycles. The summed E-state index contributed by atoms with van der Waals surface area (Å²) in [7, 11) is 2.02. The Morgan fingerprint density at radius 1 is 1.12 bits per heavy atom. The molecular formula is C19H24N4O2. The lowest BCUT2D eigenvalue weighted by molar-refractivity contribution is -0.131. The predicted molar refractivity (Wildman–Crippen MR) is 95.3 cm³/mol. The number of aromatic nitrogens is 2. The van der Waals surface area contributed by atoms with Crippen LogP contribution in [-0.2, 0) is 18.3 Å². The maximum atomic E-state index is 12.6. The summed E-state index contributed by atoms with van der Waals surface area (Å²) in [5, 5.41) is 0. The molecule has 6 heteroatoms. The second kappa shape index (κ2) is 7.09. The topological polar surface area (TPSA) is 58.4 Å². The highest BCUT2D eigenvalue weighted by molar-refractivity contribution is 5.94. The van der Waals surface area contributed by atoms with Gasteiger partial charge in [-0.25, -0.2) is 0 Å². The first kappa shape index (κ1) is 17.2. The lowest BCUT2D eigenvalue weighted by Crippen LogP contribution is -2.51. The SMILES string of the molecule is Cc1cc(CC(=O)N2CCN(C(=O)c3cccnc3)CC2)c(C)n1C. The maximum Gasteiger partial charge on any atom is 0.255 e. The van der Waals surface area contributed by atoms with Crippen LogP contribution in [0.1, 0.15) is 27.3 Å². The van der Waals surface area contributed by atoms with Gasteiger partial charge in [0.15, 0.2) is 0 Å². The van der Waals surface area contributed by atoms with E-state index < -0.39 is 0 Å². The van der Waals surface area contributed by atoms with E-state index in [1.807, 2.05) is 25.8 Å². The highest BCUT2D eigenvalue weighted by Gasteiger charge is 2.25. The smallest absolute Gasteiger partial charge is 0.255 e. The van der Waals surface area contributed by atoms with E-state index in [0.29, 0.717) is 38.2 Å². The van der Waals surface area contributed by atoms with Gasteiger partial charge in [-0.05, 0) is 37.6 Å². The molecule has 0 spiro atoms. The molecule has 1 fully saturated rings. The number of nitrogens with zero attached hydrogens (tertiary/aromatic N) is 4. The molecule has 1 aliphatic heterocycles. The minimum atomic E-state index is -0.0188. The van der Waals surface area contributed by atoms with Crippen molar-refractivity contribution in [3.05, 3.63) is 53.1 Å². The second-order valence-corrected chi connectivity index (χ2v) is 6.55. The average Bonchev–Trinajstić information content (AvgIpc) is 2.88. The number of amides is 2. The zero-order chi connectivity index (χ0) is 18.0. The van der Waals surface area contributed by atoms with Gasteiger partial charge in [-0.2, -0.15) is 0 Å². The van der Waals surface area contributed by atoms with Crippen LogP contribution in [0.25, 0.3) is 0 Å². The van der Waals surface area contributed by atoms with Gasteiger partial charge < -0.3 is 14.4 Å². The molecule has 3 rings (SSSR count). The fourth-order valence-electron chi connectivity index (χ4n) is 3.22. The van der Waals surface area contributed by atoms with Gasteiger partial charge in [0, 0.05) is 57.0 Å². The average molecular weight is 340 g/mol. The number of hydrogen-bond acceptors (Lipinski definition) is 3. The number of rotatable bonds is 3. The molecule has 1 aliphatic rings. The van der Waals surface area contributed by atoms with Crippen LogP contribution >= 0.6 is 0 Å². The van der Waals surface area contributed by atoms with Gasteiger partial charge >= 0.3 is 0 Å². The molecule has 132 valence electrons. The van der Waals surface area contributed by atoms with Gasteiger partial charge in [0.1, 0.15) is 0 Å². The van der Waals surface area contributed by atoms with Gasteiger partial charge in [-0.1, -0.05) is 0 Å². The molecule has 0 bridgehead atoms. The van der Waals surface area contributed by atoms with Gasteiger partial charge in [-0.3, -0.25) is 14.6 Å². The van der Waals surface area contributed by atoms with Crippen LogP contribution in [0.5, 0.6) is 0 Å². The van der Waals surface area contributed by atoms with E-state index in [4.69, 9.17) is 0 Å². The summed E-state index contributed by atoms with van der Waals surface area (Å²) in [5.74, 6) is 0.108. The van der Waals surface area contributed by atoms with Gasteiger partial charge in [0.2, 0.25) is 5.91 Å². The van der Waals surface area contributed by atoms with E-state index in [-0.39, 0.29) is 11.8 Å². The Bertz CT molecular complexity index is 774. The van der Waals surface area contributed by atoms with Crippen LogP contribution in [0, 0.1) is 13.8 Å². The van der Waals surface area contributed by atoms with Crippen LogP contribution in [0.15, 0.2) is 30.6 Å². The Labute approximate surface area is 148 Å². The van der Waals surface area contributed by atoms with Crippen LogP contribution < -0.4 is 0 Å². The summed E-state index contributed by atoms with van der Waals surface area (Å²) in [6.07, 6.45) is 3.66. The van der Waals surface area contributed by atoms with Crippen molar-refractivity contribution in [2.45, 2.75) is 20.3 Å². The van der Waals surface area contributed by atoms with Crippen LogP contribution in [0.4, 0.5) is 0 Å². The van der Waals surface area contributed by atoms with Crippen molar-refractivity contribution in [1.82, 2.24) is 19.4 Å². The Balaban J connectivity index is 1.57. The molecule has 0 saturated carbocycles. The molecule has 0 aromatic carbocycles. The fourth-order valence-corrected chi connectivity index (χ4v) is 3.22. The number of piperazine rings is 1. The van der Waals surface area contributed by atoms with E-state index in [0.717, 1.165) is 17.0 Å². The maximum absolute atomic E-state index is 12.6. The van der Waals surface area contributed by atoms with Crippen molar-refractivity contribution in [3.63, 3.8) is 0 Å². The molecule has 25 heavy (non-hydrogen) atoms. The molecular weight excluding hydrogens is 316 g/mol. The summed E-state index contributed by atoms with van der Waals surface area (Å²) in [4.78, 5) is 32.7. The lowest BCUT2D eigenvalue weighted by Gasteiger charge is -2.34. The molecule has 0 atom stereocenters. The molecule has 3 heterocycles. The zero-order valence-electron chi connectivity index (χ0n) is 15.0. The van der Waals surface area contributed by atoms with Crippen LogP contribution in [0.2, 0.25) is 0 Å². The number of carbonyl (C=O) groups excluding carboxylic acids is 2. The van der Waals surface area contributed by atoms with Crippen LogP contribution in [-0.4, -0.2) is 57.3 Å². The van der Waals surface area contributed by atoms with E-state index >= 15 is 0 Å².